The van der Waals surface area contributed by atoms with Gasteiger partial charge >= 0.3 is 0 Å². The normalized spacial score (nSPS) is 35.5. The molecule has 26 heavy (non-hydrogen) atoms. The van der Waals surface area contributed by atoms with Crippen molar-refractivity contribution in [2.45, 2.75) is 76.8 Å². The average molecular weight is 354 g/mol. The van der Waals surface area contributed by atoms with E-state index in [1.54, 1.807) is 6.07 Å². The van der Waals surface area contributed by atoms with E-state index in [2.05, 4.69) is 18.7 Å². The minimum absolute atomic E-state index is 0.353. The smallest absolute Gasteiger partial charge is 0.134 e. The summed E-state index contributed by atoms with van der Waals surface area (Å²) in [5.74, 6) is 3.80. The van der Waals surface area contributed by atoms with Crippen LogP contribution in [-0.4, -0.2) is 28.6 Å². The minimum atomic E-state index is 0.353. The van der Waals surface area contributed by atoms with Gasteiger partial charge < -0.3 is 9.52 Å². The zero-order valence-corrected chi connectivity index (χ0v) is 16.1. The highest BCUT2D eigenvalue weighted by Gasteiger charge is 2.52. The Morgan fingerprint density at radius 1 is 1.15 bits per heavy atom. The number of phenols is 1. The van der Waals surface area contributed by atoms with Crippen LogP contribution in [0.2, 0.25) is 0 Å². The Morgan fingerprint density at radius 2 is 2.00 bits per heavy atom. The molecule has 2 unspecified atom stereocenters. The summed E-state index contributed by atoms with van der Waals surface area (Å²) in [6, 6.07) is 6.92. The van der Waals surface area contributed by atoms with Crippen molar-refractivity contribution in [3.8, 4) is 5.75 Å². The molecule has 6 atom stereocenters. The second-order valence-electron chi connectivity index (χ2n) is 8.95. The van der Waals surface area contributed by atoms with E-state index < -0.39 is 0 Å². The monoisotopic (exact) mass is 353 g/mol. The number of hydrogen-bond acceptors (Lipinski definition) is 3. The van der Waals surface area contributed by atoms with Crippen LogP contribution in [0.15, 0.2) is 22.6 Å². The van der Waals surface area contributed by atoms with Crippen LogP contribution in [0.1, 0.15) is 69.6 Å². The number of furan rings is 1. The van der Waals surface area contributed by atoms with Gasteiger partial charge in [-0.3, -0.25) is 4.90 Å². The molecule has 6 rings (SSSR count). The highest BCUT2D eigenvalue weighted by atomic mass is 16.3. The van der Waals surface area contributed by atoms with Crippen molar-refractivity contribution in [2.75, 3.05) is 6.54 Å². The van der Waals surface area contributed by atoms with Crippen molar-refractivity contribution in [3.63, 3.8) is 0 Å². The Labute approximate surface area is 156 Å². The van der Waals surface area contributed by atoms with Gasteiger partial charge in [0.2, 0.25) is 0 Å². The molecular weight excluding hydrogens is 322 g/mol. The first-order valence-electron chi connectivity index (χ1n) is 10.7. The van der Waals surface area contributed by atoms with Gasteiger partial charge in [0.1, 0.15) is 17.1 Å². The Bertz CT molecular complexity index is 810. The van der Waals surface area contributed by atoms with E-state index in [1.165, 1.54) is 56.4 Å². The van der Waals surface area contributed by atoms with Gasteiger partial charge in [-0.05, 0) is 62.1 Å². The van der Waals surface area contributed by atoms with Crippen LogP contribution < -0.4 is 0 Å². The van der Waals surface area contributed by atoms with Crippen molar-refractivity contribution in [2.24, 2.45) is 11.8 Å². The number of benzene rings is 1. The van der Waals surface area contributed by atoms with Gasteiger partial charge in [-0.25, -0.2) is 0 Å². The molecule has 1 N–H and O–H groups in total. The van der Waals surface area contributed by atoms with E-state index in [9.17, 15) is 5.11 Å². The molecule has 2 saturated heterocycles. The SMILES string of the molecule is CCC[C@H]1C[C@H]2C[C@H]3c4oc5ccc(O)cc5c4C[C@@H](CCC)N(C2)C13. The van der Waals surface area contributed by atoms with Gasteiger partial charge in [0.15, 0.2) is 0 Å². The standard InChI is InChI=1S/C23H31NO2/c1-3-5-15-9-14-10-20-22(15)24(13-14)16(6-4-2)11-19-18-12-17(25)7-8-21(18)26-23(19)20/h7-8,12,14-16,20,22,25H,3-6,9-11,13H2,1-2H3/t14-,15-,16+,20+,22?/m0/s1. The predicted octanol–water partition coefficient (Wildman–Crippen LogP) is 5.46. The molecule has 0 spiro atoms. The van der Waals surface area contributed by atoms with Gasteiger partial charge in [0, 0.05) is 35.5 Å². The van der Waals surface area contributed by atoms with Gasteiger partial charge in [-0.2, -0.15) is 0 Å². The van der Waals surface area contributed by atoms with Crippen LogP contribution in [0.25, 0.3) is 11.0 Å². The van der Waals surface area contributed by atoms with Gasteiger partial charge in [-0.1, -0.05) is 26.7 Å². The molecule has 0 amide bonds. The van der Waals surface area contributed by atoms with E-state index in [1.807, 2.05) is 12.1 Å². The first-order valence-corrected chi connectivity index (χ1v) is 10.7. The number of nitrogens with zero attached hydrogens (tertiary/aromatic N) is 1. The quantitative estimate of drug-likeness (QED) is 0.793. The third-order valence-corrected chi connectivity index (χ3v) is 7.30. The Balaban J connectivity index is 1.66. The summed E-state index contributed by atoms with van der Waals surface area (Å²) in [5.41, 5.74) is 2.36. The summed E-state index contributed by atoms with van der Waals surface area (Å²) in [5, 5.41) is 11.2. The van der Waals surface area contributed by atoms with Crippen molar-refractivity contribution in [1.82, 2.24) is 4.90 Å². The summed E-state index contributed by atoms with van der Waals surface area (Å²) in [6.07, 6.45) is 8.92. The molecule has 1 aliphatic carbocycles. The van der Waals surface area contributed by atoms with Crippen molar-refractivity contribution >= 4 is 11.0 Å². The number of piperidine rings is 2. The summed E-state index contributed by atoms with van der Waals surface area (Å²) in [4.78, 5) is 2.89. The van der Waals surface area contributed by atoms with E-state index in [0.717, 1.165) is 29.2 Å². The molecule has 4 heterocycles. The molecular formula is C23H31NO2. The molecule has 1 aromatic heterocycles. The van der Waals surface area contributed by atoms with E-state index >= 15 is 0 Å². The Kier molecular flexibility index (Phi) is 4.04. The zero-order valence-electron chi connectivity index (χ0n) is 16.1. The summed E-state index contributed by atoms with van der Waals surface area (Å²) >= 11 is 0. The third-order valence-electron chi connectivity index (χ3n) is 7.30. The summed E-state index contributed by atoms with van der Waals surface area (Å²) in [7, 11) is 0. The largest absolute Gasteiger partial charge is 0.508 e. The molecule has 3 heteroatoms. The van der Waals surface area contributed by atoms with Crippen LogP contribution in [-0.2, 0) is 6.42 Å². The summed E-state index contributed by atoms with van der Waals surface area (Å²) in [6.45, 7) is 5.94. The van der Waals surface area contributed by atoms with Gasteiger partial charge in [-0.15, -0.1) is 0 Å². The van der Waals surface area contributed by atoms with Crippen LogP contribution in [0.5, 0.6) is 5.75 Å². The van der Waals surface area contributed by atoms with Gasteiger partial charge in [0.05, 0.1) is 0 Å². The maximum Gasteiger partial charge on any atom is 0.134 e. The second-order valence-corrected chi connectivity index (χ2v) is 8.95. The number of phenolic OH excluding ortho intramolecular Hbond substituents is 1. The van der Waals surface area contributed by atoms with Crippen LogP contribution in [0.3, 0.4) is 0 Å². The van der Waals surface area contributed by atoms with E-state index in [4.69, 9.17) is 4.42 Å². The first-order chi connectivity index (χ1) is 12.7. The van der Waals surface area contributed by atoms with Crippen LogP contribution >= 0.6 is 0 Å². The number of fused-ring (bicyclic) bond motifs is 4. The number of hydrogen-bond donors (Lipinski definition) is 1. The molecule has 1 saturated carbocycles. The van der Waals surface area contributed by atoms with E-state index in [-0.39, 0.29) is 0 Å². The molecule has 0 radical (unpaired) electrons. The minimum Gasteiger partial charge on any atom is -0.508 e. The maximum atomic E-state index is 10.0. The molecule has 140 valence electrons. The zero-order chi connectivity index (χ0) is 17.8. The third kappa shape index (κ3) is 2.43. The fraction of sp³-hybridized carbons (Fsp3) is 0.652. The fourth-order valence-corrected chi connectivity index (χ4v) is 6.50. The highest BCUT2D eigenvalue weighted by Crippen LogP contribution is 2.53. The molecule has 4 bridgehead atoms. The highest BCUT2D eigenvalue weighted by molar-refractivity contribution is 5.84. The molecule has 3 fully saturated rings. The molecule has 4 aliphatic rings. The second kappa shape index (κ2) is 6.30. The van der Waals surface area contributed by atoms with Gasteiger partial charge in [0.25, 0.3) is 0 Å². The van der Waals surface area contributed by atoms with E-state index in [0.29, 0.717) is 23.8 Å². The van der Waals surface area contributed by atoms with Crippen molar-refractivity contribution in [3.05, 3.63) is 29.5 Å². The number of aromatic hydroxyl groups is 1. The Hall–Kier alpha value is -1.48. The molecule has 3 nitrogen and oxygen atoms in total. The molecule has 2 aromatic rings. The lowest BCUT2D eigenvalue weighted by Gasteiger charge is -2.55. The lowest BCUT2D eigenvalue weighted by atomic mass is 9.65. The van der Waals surface area contributed by atoms with Crippen molar-refractivity contribution < 1.29 is 9.52 Å². The fourth-order valence-electron chi connectivity index (χ4n) is 6.50. The lowest BCUT2D eigenvalue weighted by Crippen LogP contribution is -2.59. The van der Waals surface area contributed by atoms with Crippen LogP contribution in [0, 0.1) is 11.8 Å². The lowest BCUT2D eigenvalue weighted by molar-refractivity contribution is -0.0458. The number of rotatable bonds is 4. The maximum absolute atomic E-state index is 10.0. The topological polar surface area (TPSA) is 36.6 Å². The average Bonchev–Trinajstić information content (AvgIpc) is 2.95. The Morgan fingerprint density at radius 3 is 2.81 bits per heavy atom. The summed E-state index contributed by atoms with van der Waals surface area (Å²) < 4.78 is 6.48. The predicted molar refractivity (Wildman–Crippen MR) is 105 cm³/mol. The first kappa shape index (κ1) is 16.7. The van der Waals surface area contributed by atoms with Crippen LogP contribution in [0.4, 0.5) is 0 Å². The molecule has 1 aromatic carbocycles. The van der Waals surface area contributed by atoms with Crippen molar-refractivity contribution in [1.29, 1.82) is 0 Å². The molecule has 3 aliphatic heterocycles.